The molecule has 1 spiro atoms. The van der Waals surface area contributed by atoms with Gasteiger partial charge in [-0.05, 0) is 19.8 Å². The fourth-order valence-corrected chi connectivity index (χ4v) is 1.47. The Kier molecular flexibility index (Phi) is 1.14. The van der Waals surface area contributed by atoms with Gasteiger partial charge in [0.15, 0.2) is 0 Å². The Bertz CT molecular complexity index is 257. The van der Waals surface area contributed by atoms with Crippen LogP contribution in [-0.4, -0.2) is 17.6 Å². The molecular formula is C8H10N2O. The second-order valence-electron chi connectivity index (χ2n) is 3.08. The maximum absolute atomic E-state index is 10.9. The number of amides is 2. The van der Waals surface area contributed by atoms with E-state index in [1.165, 1.54) is 0 Å². The molecule has 2 N–H and O–H groups in total. The van der Waals surface area contributed by atoms with E-state index in [4.69, 9.17) is 0 Å². The highest BCUT2D eigenvalue weighted by molar-refractivity contribution is 5.80. The SMILES string of the molecule is CC#CC1NC(=O)NC12CC2. The van der Waals surface area contributed by atoms with Crippen LogP contribution in [0.3, 0.4) is 0 Å². The van der Waals surface area contributed by atoms with Crippen molar-refractivity contribution in [1.82, 2.24) is 10.6 Å². The van der Waals surface area contributed by atoms with Gasteiger partial charge in [0.1, 0.15) is 6.04 Å². The van der Waals surface area contributed by atoms with Gasteiger partial charge in [-0.3, -0.25) is 0 Å². The van der Waals surface area contributed by atoms with E-state index in [9.17, 15) is 4.79 Å². The van der Waals surface area contributed by atoms with Gasteiger partial charge in [0, 0.05) is 0 Å². The first-order valence-corrected chi connectivity index (χ1v) is 3.78. The zero-order valence-electron chi connectivity index (χ0n) is 6.40. The maximum Gasteiger partial charge on any atom is 0.316 e. The van der Waals surface area contributed by atoms with Gasteiger partial charge in [0.2, 0.25) is 0 Å². The van der Waals surface area contributed by atoms with Crippen LogP contribution in [-0.2, 0) is 0 Å². The summed E-state index contributed by atoms with van der Waals surface area (Å²) in [5.74, 6) is 5.80. The van der Waals surface area contributed by atoms with E-state index in [-0.39, 0.29) is 17.6 Å². The topological polar surface area (TPSA) is 41.1 Å². The minimum Gasteiger partial charge on any atom is -0.330 e. The zero-order chi connectivity index (χ0) is 7.90. The molecule has 1 aliphatic heterocycles. The first-order valence-electron chi connectivity index (χ1n) is 3.78. The second-order valence-corrected chi connectivity index (χ2v) is 3.08. The molecule has 0 aromatic heterocycles. The molecule has 2 fully saturated rings. The van der Waals surface area contributed by atoms with Gasteiger partial charge in [-0.15, -0.1) is 5.92 Å². The van der Waals surface area contributed by atoms with Crippen LogP contribution in [0.5, 0.6) is 0 Å². The fourth-order valence-electron chi connectivity index (χ4n) is 1.47. The van der Waals surface area contributed by atoms with Crippen molar-refractivity contribution in [2.45, 2.75) is 31.3 Å². The van der Waals surface area contributed by atoms with Crippen LogP contribution in [0, 0.1) is 11.8 Å². The fraction of sp³-hybridized carbons (Fsp3) is 0.625. The van der Waals surface area contributed by atoms with E-state index in [0.717, 1.165) is 12.8 Å². The molecule has 3 nitrogen and oxygen atoms in total. The van der Waals surface area contributed by atoms with Gasteiger partial charge in [-0.25, -0.2) is 4.79 Å². The maximum atomic E-state index is 10.9. The van der Waals surface area contributed by atoms with Gasteiger partial charge in [-0.1, -0.05) is 5.92 Å². The van der Waals surface area contributed by atoms with Gasteiger partial charge in [-0.2, -0.15) is 0 Å². The number of hydrogen-bond acceptors (Lipinski definition) is 1. The van der Waals surface area contributed by atoms with Gasteiger partial charge >= 0.3 is 6.03 Å². The molecule has 1 heterocycles. The summed E-state index contributed by atoms with van der Waals surface area (Å²) in [7, 11) is 0. The third kappa shape index (κ3) is 0.864. The Morgan fingerprint density at radius 1 is 1.64 bits per heavy atom. The van der Waals surface area contributed by atoms with Crippen molar-refractivity contribution < 1.29 is 4.79 Å². The highest BCUT2D eigenvalue weighted by atomic mass is 16.2. The molecule has 0 radical (unpaired) electrons. The molecule has 2 rings (SSSR count). The third-order valence-corrected chi connectivity index (χ3v) is 2.27. The number of carbonyl (C=O) groups is 1. The lowest BCUT2D eigenvalue weighted by molar-refractivity contribution is 0.247. The minimum atomic E-state index is -0.0738. The van der Waals surface area contributed by atoms with Crippen LogP contribution in [0.4, 0.5) is 4.79 Å². The summed E-state index contributed by atoms with van der Waals surface area (Å²) in [6.45, 7) is 1.79. The van der Waals surface area contributed by atoms with E-state index in [0.29, 0.717) is 0 Å². The number of nitrogens with one attached hydrogen (secondary N) is 2. The Morgan fingerprint density at radius 2 is 2.36 bits per heavy atom. The molecular weight excluding hydrogens is 140 g/mol. The Morgan fingerprint density at radius 3 is 2.91 bits per heavy atom. The summed E-state index contributed by atoms with van der Waals surface area (Å²) < 4.78 is 0. The molecule has 2 aliphatic rings. The Hall–Kier alpha value is -1.17. The van der Waals surface area contributed by atoms with E-state index in [1.807, 2.05) is 0 Å². The van der Waals surface area contributed by atoms with Crippen molar-refractivity contribution in [3.8, 4) is 11.8 Å². The van der Waals surface area contributed by atoms with Gasteiger partial charge in [0.25, 0.3) is 0 Å². The normalized spacial score (nSPS) is 30.3. The monoisotopic (exact) mass is 150 g/mol. The lowest BCUT2D eigenvalue weighted by Crippen LogP contribution is -2.34. The standard InChI is InChI=1S/C8H10N2O/c1-2-3-6-8(4-5-8)10-7(11)9-6/h6H,4-5H2,1H3,(H2,9,10,11). The first kappa shape index (κ1) is 6.53. The van der Waals surface area contributed by atoms with Gasteiger partial charge < -0.3 is 10.6 Å². The summed E-state index contributed by atoms with van der Waals surface area (Å²) >= 11 is 0. The summed E-state index contributed by atoms with van der Waals surface area (Å²) in [6, 6.07) is -0.0322. The van der Waals surface area contributed by atoms with Crippen LogP contribution in [0.15, 0.2) is 0 Å². The van der Waals surface area contributed by atoms with Crippen molar-refractivity contribution in [2.75, 3.05) is 0 Å². The quantitative estimate of drug-likeness (QED) is 0.477. The number of rotatable bonds is 0. The number of carbonyl (C=O) groups excluding carboxylic acids is 1. The number of urea groups is 1. The molecule has 11 heavy (non-hydrogen) atoms. The molecule has 1 saturated heterocycles. The number of hydrogen-bond donors (Lipinski definition) is 2. The molecule has 0 aromatic rings. The summed E-state index contributed by atoms with van der Waals surface area (Å²) in [4.78, 5) is 10.9. The highest BCUT2D eigenvalue weighted by Crippen LogP contribution is 2.40. The summed E-state index contributed by atoms with van der Waals surface area (Å²) in [5, 5.41) is 5.67. The van der Waals surface area contributed by atoms with Crippen LogP contribution >= 0.6 is 0 Å². The van der Waals surface area contributed by atoms with E-state index < -0.39 is 0 Å². The van der Waals surface area contributed by atoms with Crippen LogP contribution in [0.2, 0.25) is 0 Å². The predicted molar refractivity (Wildman–Crippen MR) is 40.9 cm³/mol. The first-order chi connectivity index (χ1) is 5.27. The lowest BCUT2D eigenvalue weighted by Gasteiger charge is -2.08. The van der Waals surface area contributed by atoms with E-state index >= 15 is 0 Å². The second kappa shape index (κ2) is 1.91. The molecule has 1 atom stereocenters. The third-order valence-electron chi connectivity index (χ3n) is 2.27. The molecule has 1 saturated carbocycles. The summed E-state index contributed by atoms with van der Waals surface area (Å²) in [5.41, 5.74) is 0.0000926. The molecule has 0 aromatic carbocycles. The van der Waals surface area contributed by atoms with E-state index in [2.05, 4.69) is 22.5 Å². The van der Waals surface area contributed by atoms with Crippen molar-refractivity contribution in [3.63, 3.8) is 0 Å². The highest BCUT2D eigenvalue weighted by Gasteiger charge is 2.55. The zero-order valence-corrected chi connectivity index (χ0v) is 6.40. The van der Waals surface area contributed by atoms with Crippen molar-refractivity contribution >= 4 is 6.03 Å². The Labute approximate surface area is 65.5 Å². The molecule has 2 amide bonds. The van der Waals surface area contributed by atoms with Crippen LogP contribution < -0.4 is 10.6 Å². The minimum absolute atomic E-state index is 0.0000926. The van der Waals surface area contributed by atoms with E-state index in [1.54, 1.807) is 6.92 Å². The molecule has 1 unspecified atom stereocenters. The molecule has 1 aliphatic carbocycles. The molecule has 0 bridgehead atoms. The van der Waals surface area contributed by atoms with Crippen LogP contribution in [0.25, 0.3) is 0 Å². The van der Waals surface area contributed by atoms with Gasteiger partial charge in [0.05, 0.1) is 5.54 Å². The average Bonchev–Trinajstić information content (AvgIpc) is 2.61. The average molecular weight is 150 g/mol. The largest absolute Gasteiger partial charge is 0.330 e. The lowest BCUT2D eigenvalue weighted by atomic mass is 10.1. The smallest absolute Gasteiger partial charge is 0.316 e. The van der Waals surface area contributed by atoms with Crippen molar-refractivity contribution in [2.24, 2.45) is 0 Å². The predicted octanol–water partition coefficient (Wildman–Crippen LogP) is 0.224. The van der Waals surface area contributed by atoms with Crippen molar-refractivity contribution in [1.29, 1.82) is 0 Å². The molecule has 58 valence electrons. The molecule has 3 heteroatoms. The summed E-state index contributed by atoms with van der Waals surface area (Å²) in [6.07, 6.45) is 2.12. The van der Waals surface area contributed by atoms with Crippen LogP contribution in [0.1, 0.15) is 19.8 Å². The van der Waals surface area contributed by atoms with Crippen molar-refractivity contribution in [3.05, 3.63) is 0 Å². The Balaban J connectivity index is 2.19.